The van der Waals surface area contributed by atoms with Crippen molar-refractivity contribution < 1.29 is 0 Å². The SMILES string of the molecule is CNc1nc(NC2CCC(C)C2C)c2ccsc2n1. The number of nitrogens with one attached hydrogen (secondary N) is 2. The molecule has 3 atom stereocenters. The highest BCUT2D eigenvalue weighted by Crippen LogP contribution is 2.35. The summed E-state index contributed by atoms with van der Waals surface area (Å²) in [6, 6.07) is 2.63. The Morgan fingerprint density at radius 1 is 1.26 bits per heavy atom. The summed E-state index contributed by atoms with van der Waals surface area (Å²) in [5.74, 6) is 3.15. The number of aromatic nitrogens is 2. The van der Waals surface area contributed by atoms with E-state index in [-0.39, 0.29) is 0 Å². The van der Waals surface area contributed by atoms with Crippen molar-refractivity contribution in [3.8, 4) is 0 Å². The molecule has 102 valence electrons. The first-order chi connectivity index (χ1) is 9.19. The first kappa shape index (κ1) is 12.7. The van der Waals surface area contributed by atoms with Gasteiger partial charge in [0.1, 0.15) is 10.6 Å². The molecule has 0 amide bonds. The zero-order valence-electron chi connectivity index (χ0n) is 11.6. The van der Waals surface area contributed by atoms with E-state index in [0.29, 0.717) is 17.9 Å². The molecule has 1 saturated carbocycles. The number of nitrogens with zero attached hydrogens (tertiary/aromatic N) is 2. The summed E-state index contributed by atoms with van der Waals surface area (Å²) in [5.41, 5.74) is 0. The minimum absolute atomic E-state index is 0.526. The third-order valence-corrected chi connectivity index (χ3v) is 5.14. The summed E-state index contributed by atoms with van der Waals surface area (Å²) in [7, 11) is 1.86. The smallest absolute Gasteiger partial charge is 0.225 e. The van der Waals surface area contributed by atoms with Crippen molar-refractivity contribution in [2.75, 3.05) is 17.7 Å². The van der Waals surface area contributed by atoms with Crippen LogP contribution in [0.2, 0.25) is 0 Å². The second-order valence-electron chi connectivity index (χ2n) is 5.45. The number of fused-ring (bicyclic) bond motifs is 1. The second kappa shape index (κ2) is 4.96. The first-order valence-electron chi connectivity index (χ1n) is 6.88. The minimum Gasteiger partial charge on any atom is -0.366 e. The number of hydrogen-bond acceptors (Lipinski definition) is 5. The van der Waals surface area contributed by atoms with Crippen LogP contribution in [0.5, 0.6) is 0 Å². The Hall–Kier alpha value is -1.36. The van der Waals surface area contributed by atoms with Crippen LogP contribution in [0, 0.1) is 11.8 Å². The van der Waals surface area contributed by atoms with Gasteiger partial charge in [-0.3, -0.25) is 0 Å². The van der Waals surface area contributed by atoms with Gasteiger partial charge in [-0.05, 0) is 36.1 Å². The highest BCUT2D eigenvalue weighted by molar-refractivity contribution is 7.16. The molecule has 3 rings (SSSR count). The van der Waals surface area contributed by atoms with E-state index in [9.17, 15) is 0 Å². The van der Waals surface area contributed by atoms with Gasteiger partial charge < -0.3 is 10.6 Å². The number of anilines is 2. The molecular formula is C14H20N4S. The summed E-state index contributed by atoms with van der Waals surface area (Å²) in [4.78, 5) is 10.1. The molecule has 0 bridgehead atoms. The van der Waals surface area contributed by atoms with Crippen molar-refractivity contribution in [2.24, 2.45) is 11.8 Å². The van der Waals surface area contributed by atoms with E-state index in [4.69, 9.17) is 0 Å². The van der Waals surface area contributed by atoms with Crippen LogP contribution in [0.15, 0.2) is 11.4 Å². The molecule has 19 heavy (non-hydrogen) atoms. The van der Waals surface area contributed by atoms with Crippen molar-refractivity contribution in [3.05, 3.63) is 11.4 Å². The first-order valence-corrected chi connectivity index (χ1v) is 7.76. The molecular weight excluding hydrogens is 256 g/mol. The van der Waals surface area contributed by atoms with Gasteiger partial charge >= 0.3 is 0 Å². The van der Waals surface area contributed by atoms with Gasteiger partial charge in [-0.25, -0.2) is 4.98 Å². The molecule has 5 heteroatoms. The van der Waals surface area contributed by atoms with Gasteiger partial charge in [0, 0.05) is 13.1 Å². The predicted octanol–water partition coefficient (Wildman–Crippen LogP) is 3.58. The lowest BCUT2D eigenvalue weighted by Crippen LogP contribution is -2.24. The van der Waals surface area contributed by atoms with Crippen LogP contribution in [0.4, 0.5) is 11.8 Å². The standard InChI is InChI=1S/C14H20N4S/c1-8-4-5-11(9(8)2)16-12-10-6-7-19-13(10)18-14(15-3)17-12/h6-9,11H,4-5H2,1-3H3,(H2,15,16,17,18). The average molecular weight is 276 g/mol. The number of hydrogen-bond donors (Lipinski definition) is 2. The fraction of sp³-hybridized carbons (Fsp3) is 0.571. The largest absolute Gasteiger partial charge is 0.366 e. The van der Waals surface area contributed by atoms with Gasteiger partial charge in [0.05, 0.1) is 5.39 Å². The van der Waals surface area contributed by atoms with Gasteiger partial charge in [-0.1, -0.05) is 13.8 Å². The number of thiophene rings is 1. The van der Waals surface area contributed by atoms with Gasteiger partial charge in [0.2, 0.25) is 5.95 Å². The summed E-state index contributed by atoms with van der Waals surface area (Å²) >= 11 is 1.66. The van der Waals surface area contributed by atoms with Crippen LogP contribution < -0.4 is 10.6 Å². The van der Waals surface area contributed by atoms with E-state index >= 15 is 0 Å². The van der Waals surface area contributed by atoms with Crippen LogP contribution in [0.3, 0.4) is 0 Å². The maximum Gasteiger partial charge on any atom is 0.225 e. The lowest BCUT2D eigenvalue weighted by molar-refractivity contribution is 0.435. The minimum atomic E-state index is 0.526. The lowest BCUT2D eigenvalue weighted by atomic mass is 9.98. The fourth-order valence-electron chi connectivity index (χ4n) is 2.82. The summed E-state index contributed by atoms with van der Waals surface area (Å²) in [5, 5.41) is 9.89. The maximum atomic E-state index is 4.59. The molecule has 0 spiro atoms. The van der Waals surface area contributed by atoms with Crippen molar-refractivity contribution >= 4 is 33.3 Å². The molecule has 2 N–H and O–H groups in total. The monoisotopic (exact) mass is 276 g/mol. The van der Waals surface area contributed by atoms with Crippen LogP contribution in [-0.4, -0.2) is 23.1 Å². The van der Waals surface area contributed by atoms with E-state index in [1.807, 2.05) is 7.05 Å². The molecule has 1 fully saturated rings. The van der Waals surface area contributed by atoms with Crippen LogP contribution in [0.25, 0.3) is 10.2 Å². The molecule has 1 aliphatic carbocycles. The topological polar surface area (TPSA) is 49.8 Å². The lowest BCUT2D eigenvalue weighted by Gasteiger charge is -2.20. The Balaban J connectivity index is 1.93. The van der Waals surface area contributed by atoms with E-state index in [1.165, 1.54) is 12.8 Å². The summed E-state index contributed by atoms with van der Waals surface area (Å²) in [6.45, 7) is 4.67. The van der Waals surface area contributed by atoms with E-state index in [0.717, 1.165) is 22.0 Å². The molecule has 1 aliphatic rings. The highest BCUT2D eigenvalue weighted by Gasteiger charge is 2.30. The molecule has 0 aromatic carbocycles. The normalized spacial score (nSPS) is 26.8. The van der Waals surface area contributed by atoms with Crippen LogP contribution in [0.1, 0.15) is 26.7 Å². The molecule has 2 aromatic rings. The Kier molecular flexibility index (Phi) is 3.31. The van der Waals surface area contributed by atoms with Crippen LogP contribution in [-0.2, 0) is 0 Å². The predicted molar refractivity (Wildman–Crippen MR) is 81.9 cm³/mol. The van der Waals surface area contributed by atoms with Gasteiger partial charge in [-0.2, -0.15) is 4.98 Å². The van der Waals surface area contributed by atoms with Crippen molar-refractivity contribution in [1.29, 1.82) is 0 Å². The van der Waals surface area contributed by atoms with Crippen molar-refractivity contribution in [1.82, 2.24) is 9.97 Å². The number of rotatable bonds is 3. The Labute approximate surface area is 117 Å². The maximum absolute atomic E-state index is 4.59. The van der Waals surface area contributed by atoms with Crippen molar-refractivity contribution in [2.45, 2.75) is 32.7 Å². The van der Waals surface area contributed by atoms with Gasteiger partial charge in [0.25, 0.3) is 0 Å². The quantitative estimate of drug-likeness (QED) is 0.899. The van der Waals surface area contributed by atoms with E-state index < -0.39 is 0 Å². The summed E-state index contributed by atoms with van der Waals surface area (Å²) in [6.07, 6.45) is 2.53. The molecule has 4 nitrogen and oxygen atoms in total. The highest BCUT2D eigenvalue weighted by atomic mass is 32.1. The van der Waals surface area contributed by atoms with Gasteiger partial charge in [-0.15, -0.1) is 11.3 Å². The molecule has 0 radical (unpaired) electrons. The fourth-order valence-corrected chi connectivity index (χ4v) is 3.59. The van der Waals surface area contributed by atoms with E-state index in [1.54, 1.807) is 11.3 Å². The third-order valence-electron chi connectivity index (χ3n) is 4.34. The Bertz CT molecular complexity index is 580. The zero-order chi connectivity index (χ0) is 13.4. The third kappa shape index (κ3) is 2.27. The molecule has 2 heterocycles. The summed E-state index contributed by atoms with van der Waals surface area (Å²) < 4.78 is 0. The second-order valence-corrected chi connectivity index (χ2v) is 6.34. The molecule has 2 aromatic heterocycles. The Morgan fingerprint density at radius 3 is 2.79 bits per heavy atom. The average Bonchev–Trinajstić information content (AvgIpc) is 3.00. The van der Waals surface area contributed by atoms with Crippen molar-refractivity contribution in [3.63, 3.8) is 0 Å². The van der Waals surface area contributed by atoms with Gasteiger partial charge in [0.15, 0.2) is 0 Å². The van der Waals surface area contributed by atoms with E-state index in [2.05, 4.69) is 45.9 Å². The zero-order valence-corrected chi connectivity index (χ0v) is 12.4. The molecule has 3 unspecified atom stereocenters. The van der Waals surface area contributed by atoms with Crippen LogP contribution >= 0.6 is 11.3 Å². The molecule has 0 saturated heterocycles. The Morgan fingerprint density at radius 2 is 2.11 bits per heavy atom. The molecule has 0 aliphatic heterocycles.